The third kappa shape index (κ3) is 5.67. The van der Waals surface area contributed by atoms with Crippen LogP contribution in [-0.2, 0) is 0 Å². The highest BCUT2D eigenvalue weighted by molar-refractivity contribution is 5.89. The summed E-state index contributed by atoms with van der Waals surface area (Å²) in [7, 11) is 0. The molecule has 0 atom stereocenters. The molecule has 0 saturated heterocycles. The smallest absolute Gasteiger partial charge is 0.319 e. The second-order valence-electron chi connectivity index (χ2n) is 7.12. The van der Waals surface area contributed by atoms with Crippen molar-refractivity contribution >= 4 is 11.7 Å². The highest BCUT2D eigenvalue weighted by Gasteiger charge is 2.20. The number of nitrogens with one attached hydrogen (secondary N) is 2. The molecule has 1 aromatic carbocycles. The van der Waals surface area contributed by atoms with Gasteiger partial charge in [0.15, 0.2) is 11.6 Å². The molecule has 2 rings (SSSR count). The molecule has 1 saturated carbocycles. The Kier molecular flexibility index (Phi) is 6.43. The number of anilines is 1. The molecule has 1 aromatic rings. The van der Waals surface area contributed by atoms with E-state index in [1.807, 2.05) is 13.8 Å². The number of carbonyl (C=O) groups excluding carboxylic acids is 1. The maximum atomic E-state index is 14.0. The standard InChI is InChI=1S/C18H27FN2O3/c1-18(2,12-22)9-4-10-20-17(23)21-13-7-8-16(15(19)11-13)24-14-5-3-6-14/h7-8,11,14,22H,3-6,9-10,12H2,1-2H3,(H2,20,21,23). The Labute approximate surface area is 142 Å². The first kappa shape index (κ1) is 18.5. The molecule has 0 unspecified atom stereocenters. The minimum absolute atomic E-state index is 0.116. The van der Waals surface area contributed by atoms with E-state index in [2.05, 4.69) is 10.6 Å². The van der Waals surface area contributed by atoms with Crippen LogP contribution >= 0.6 is 0 Å². The lowest BCUT2D eigenvalue weighted by Gasteiger charge is -2.26. The van der Waals surface area contributed by atoms with E-state index in [0.29, 0.717) is 12.2 Å². The van der Waals surface area contributed by atoms with Crippen molar-refractivity contribution in [1.82, 2.24) is 5.32 Å². The van der Waals surface area contributed by atoms with Gasteiger partial charge in [-0.15, -0.1) is 0 Å². The van der Waals surface area contributed by atoms with E-state index in [4.69, 9.17) is 4.74 Å². The summed E-state index contributed by atoms with van der Waals surface area (Å²) in [4.78, 5) is 11.8. The zero-order chi connectivity index (χ0) is 17.6. The monoisotopic (exact) mass is 338 g/mol. The van der Waals surface area contributed by atoms with Gasteiger partial charge in [0.1, 0.15) is 0 Å². The first-order valence-corrected chi connectivity index (χ1v) is 8.51. The molecule has 0 spiro atoms. The number of halogens is 1. The predicted octanol–water partition coefficient (Wildman–Crippen LogP) is 3.68. The molecule has 0 aromatic heterocycles. The van der Waals surface area contributed by atoms with E-state index < -0.39 is 5.82 Å². The fourth-order valence-electron chi connectivity index (χ4n) is 2.37. The number of aliphatic hydroxyl groups excluding tert-OH is 1. The Hall–Kier alpha value is -1.82. The van der Waals surface area contributed by atoms with Gasteiger partial charge < -0.3 is 20.5 Å². The SMILES string of the molecule is CC(C)(CO)CCCNC(=O)Nc1ccc(OC2CCC2)c(F)c1. The summed E-state index contributed by atoms with van der Waals surface area (Å²) in [5.74, 6) is -0.235. The van der Waals surface area contributed by atoms with Crippen LogP contribution < -0.4 is 15.4 Å². The molecule has 2 amide bonds. The Morgan fingerprint density at radius 3 is 2.75 bits per heavy atom. The minimum Gasteiger partial charge on any atom is -0.487 e. The highest BCUT2D eigenvalue weighted by atomic mass is 19.1. The summed E-state index contributed by atoms with van der Waals surface area (Å²) < 4.78 is 19.5. The fourth-order valence-corrected chi connectivity index (χ4v) is 2.37. The van der Waals surface area contributed by atoms with Crippen LogP contribution in [0.25, 0.3) is 0 Å². The topological polar surface area (TPSA) is 70.6 Å². The second-order valence-corrected chi connectivity index (χ2v) is 7.12. The summed E-state index contributed by atoms with van der Waals surface area (Å²) in [6.07, 6.45) is 4.75. The van der Waals surface area contributed by atoms with E-state index in [1.165, 1.54) is 6.07 Å². The van der Waals surface area contributed by atoms with Crippen LogP contribution in [0.15, 0.2) is 18.2 Å². The summed E-state index contributed by atoms with van der Waals surface area (Å²) in [5, 5.41) is 14.5. The number of urea groups is 1. The zero-order valence-electron chi connectivity index (χ0n) is 14.4. The van der Waals surface area contributed by atoms with Gasteiger partial charge in [0.25, 0.3) is 0 Å². The molecule has 0 bridgehead atoms. The molecule has 134 valence electrons. The van der Waals surface area contributed by atoms with Crippen LogP contribution in [0.2, 0.25) is 0 Å². The van der Waals surface area contributed by atoms with E-state index in [1.54, 1.807) is 12.1 Å². The molecule has 1 aliphatic rings. The van der Waals surface area contributed by atoms with Crippen molar-refractivity contribution in [2.75, 3.05) is 18.5 Å². The molecule has 0 radical (unpaired) electrons. The number of aliphatic hydroxyl groups is 1. The maximum Gasteiger partial charge on any atom is 0.319 e. The van der Waals surface area contributed by atoms with Crippen molar-refractivity contribution in [3.8, 4) is 5.75 Å². The lowest BCUT2D eigenvalue weighted by Crippen LogP contribution is -2.30. The van der Waals surface area contributed by atoms with E-state index in [0.717, 1.165) is 32.1 Å². The molecule has 0 aliphatic heterocycles. The fraction of sp³-hybridized carbons (Fsp3) is 0.611. The number of carbonyl (C=O) groups is 1. The van der Waals surface area contributed by atoms with Gasteiger partial charge in [-0.1, -0.05) is 13.8 Å². The third-order valence-corrected chi connectivity index (χ3v) is 4.28. The molecule has 1 aliphatic carbocycles. The molecule has 5 nitrogen and oxygen atoms in total. The number of hydrogen-bond acceptors (Lipinski definition) is 3. The van der Waals surface area contributed by atoms with Gasteiger partial charge >= 0.3 is 6.03 Å². The lowest BCUT2D eigenvalue weighted by molar-refractivity contribution is 0.115. The lowest BCUT2D eigenvalue weighted by atomic mass is 9.89. The molecule has 6 heteroatoms. The Balaban J connectivity index is 1.74. The Morgan fingerprint density at radius 1 is 1.42 bits per heavy atom. The van der Waals surface area contributed by atoms with E-state index in [-0.39, 0.29) is 29.9 Å². The van der Waals surface area contributed by atoms with Gasteiger partial charge in [-0.05, 0) is 49.7 Å². The number of rotatable bonds is 8. The van der Waals surface area contributed by atoms with Gasteiger partial charge in [-0.3, -0.25) is 0 Å². The minimum atomic E-state index is -0.468. The van der Waals surface area contributed by atoms with Crippen LogP contribution in [0.5, 0.6) is 5.75 Å². The van der Waals surface area contributed by atoms with Crippen molar-refractivity contribution in [2.24, 2.45) is 5.41 Å². The van der Waals surface area contributed by atoms with E-state index in [9.17, 15) is 14.3 Å². The maximum absolute atomic E-state index is 14.0. The molecule has 0 heterocycles. The Bertz CT molecular complexity index is 559. The Morgan fingerprint density at radius 2 is 2.17 bits per heavy atom. The number of benzene rings is 1. The normalized spacial score (nSPS) is 14.8. The van der Waals surface area contributed by atoms with Gasteiger partial charge in [0.05, 0.1) is 6.10 Å². The van der Waals surface area contributed by atoms with Crippen molar-refractivity contribution in [3.05, 3.63) is 24.0 Å². The van der Waals surface area contributed by atoms with Crippen LogP contribution in [-0.4, -0.2) is 30.4 Å². The van der Waals surface area contributed by atoms with E-state index >= 15 is 0 Å². The third-order valence-electron chi connectivity index (χ3n) is 4.28. The number of amides is 2. The predicted molar refractivity (Wildman–Crippen MR) is 91.8 cm³/mol. The summed E-state index contributed by atoms with van der Waals surface area (Å²) in [6.45, 7) is 4.57. The van der Waals surface area contributed by atoms with Gasteiger partial charge in [-0.25, -0.2) is 9.18 Å². The van der Waals surface area contributed by atoms with Crippen molar-refractivity contribution in [1.29, 1.82) is 0 Å². The van der Waals surface area contributed by atoms with Gasteiger partial charge in [-0.2, -0.15) is 0 Å². The molecule has 1 fully saturated rings. The summed E-state index contributed by atoms with van der Waals surface area (Å²) in [5.41, 5.74) is 0.249. The van der Waals surface area contributed by atoms with Crippen LogP contribution in [0.1, 0.15) is 46.0 Å². The average molecular weight is 338 g/mol. The summed E-state index contributed by atoms with van der Waals surface area (Å²) >= 11 is 0. The second kappa shape index (κ2) is 8.33. The average Bonchev–Trinajstić information content (AvgIpc) is 2.49. The van der Waals surface area contributed by atoms with Crippen LogP contribution in [0.3, 0.4) is 0 Å². The van der Waals surface area contributed by atoms with Crippen LogP contribution in [0.4, 0.5) is 14.9 Å². The summed E-state index contributed by atoms with van der Waals surface area (Å²) in [6, 6.07) is 4.07. The van der Waals surface area contributed by atoms with Gasteiger partial charge in [0, 0.05) is 24.9 Å². The number of ether oxygens (including phenoxy) is 1. The molecule has 24 heavy (non-hydrogen) atoms. The van der Waals surface area contributed by atoms with Crippen molar-refractivity contribution in [3.63, 3.8) is 0 Å². The first-order valence-electron chi connectivity index (χ1n) is 8.51. The molecular weight excluding hydrogens is 311 g/mol. The van der Waals surface area contributed by atoms with Gasteiger partial charge in [0.2, 0.25) is 0 Å². The van der Waals surface area contributed by atoms with Crippen molar-refractivity contribution < 1.29 is 19.0 Å². The zero-order valence-corrected chi connectivity index (χ0v) is 14.4. The molecule has 3 N–H and O–H groups in total. The quantitative estimate of drug-likeness (QED) is 0.633. The highest BCUT2D eigenvalue weighted by Crippen LogP contribution is 2.28. The largest absolute Gasteiger partial charge is 0.487 e. The van der Waals surface area contributed by atoms with Crippen molar-refractivity contribution in [2.45, 2.75) is 52.1 Å². The molecular formula is C18H27FN2O3. The first-order chi connectivity index (χ1) is 11.4. The number of hydrogen-bond donors (Lipinski definition) is 3. The van der Waals surface area contributed by atoms with Crippen LogP contribution in [0, 0.1) is 11.2 Å².